The molecule has 1 aliphatic rings. The molecule has 1 aliphatic heterocycles. The lowest BCUT2D eigenvalue weighted by Crippen LogP contribution is -2.38. The van der Waals surface area contributed by atoms with Gasteiger partial charge in [-0.3, -0.25) is 0 Å². The molecule has 128 valence electrons. The lowest BCUT2D eigenvalue weighted by atomic mass is 9.92. The molecule has 4 rings (SSSR count). The van der Waals surface area contributed by atoms with Gasteiger partial charge in [0.25, 0.3) is 0 Å². The van der Waals surface area contributed by atoms with Crippen LogP contribution in [0.2, 0.25) is 0 Å². The zero-order chi connectivity index (χ0) is 17.2. The van der Waals surface area contributed by atoms with Gasteiger partial charge >= 0.3 is 0 Å². The zero-order valence-corrected chi connectivity index (χ0v) is 15.5. The molecule has 1 saturated heterocycles. The summed E-state index contributed by atoms with van der Waals surface area (Å²) in [6.07, 6.45) is 2.83. The van der Waals surface area contributed by atoms with E-state index in [-0.39, 0.29) is 6.04 Å². The van der Waals surface area contributed by atoms with Gasteiger partial charge in [0, 0.05) is 21.5 Å². The van der Waals surface area contributed by atoms with Gasteiger partial charge in [0.15, 0.2) is 0 Å². The Morgan fingerprint density at radius 2 is 1.88 bits per heavy atom. The highest BCUT2D eigenvalue weighted by Gasteiger charge is 2.25. The number of nitrogens with one attached hydrogen (secondary N) is 1. The van der Waals surface area contributed by atoms with Crippen molar-refractivity contribution in [3.8, 4) is 11.3 Å². The van der Waals surface area contributed by atoms with Gasteiger partial charge in [0.05, 0.1) is 17.3 Å². The van der Waals surface area contributed by atoms with Gasteiger partial charge in [-0.2, -0.15) is 0 Å². The van der Waals surface area contributed by atoms with Gasteiger partial charge in [0.2, 0.25) is 0 Å². The Labute approximate surface area is 156 Å². The average molecular weight is 397 g/mol. The molecule has 1 aromatic heterocycles. The third-order valence-electron chi connectivity index (χ3n) is 4.94. The smallest absolute Gasteiger partial charge is 0.0950 e. The summed E-state index contributed by atoms with van der Waals surface area (Å²) in [5.74, 6) is 0. The highest BCUT2D eigenvalue weighted by atomic mass is 79.9. The Balaban J connectivity index is 1.82. The van der Waals surface area contributed by atoms with E-state index >= 15 is 0 Å². The predicted octanol–water partition coefficient (Wildman–Crippen LogP) is 4.84. The molecule has 0 unspecified atom stereocenters. The number of para-hydroxylation sites is 1. The fraction of sp³-hybridized carbons (Fsp3) is 0.286. The molecular weight excluding hydrogens is 376 g/mol. The molecule has 0 spiro atoms. The van der Waals surface area contributed by atoms with Crippen LogP contribution in [0.5, 0.6) is 0 Å². The predicted molar refractivity (Wildman–Crippen MR) is 105 cm³/mol. The van der Waals surface area contributed by atoms with E-state index in [4.69, 9.17) is 4.98 Å². The van der Waals surface area contributed by atoms with E-state index in [1.54, 1.807) is 0 Å². The molecule has 0 bridgehead atoms. The van der Waals surface area contributed by atoms with Crippen molar-refractivity contribution in [2.24, 2.45) is 0 Å². The summed E-state index contributed by atoms with van der Waals surface area (Å²) >= 11 is 3.48. The molecule has 0 saturated carbocycles. The normalized spacial score (nSPS) is 19.0. The second-order valence-electron chi connectivity index (χ2n) is 6.62. The maximum Gasteiger partial charge on any atom is 0.0950 e. The largest absolute Gasteiger partial charge is 0.387 e. The van der Waals surface area contributed by atoms with Gasteiger partial charge in [-0.05, 0) is 49.2 Å². The Hall–Kier alpha value is -1.75. The molecule has 1 fully saturated rings. The number of fused-ring (bicyclic) bond motifs is 1. The molecule has 0 amide bonds. The number of nitrogens with zero attached hydrogens (tertiary/aromatic N) is 1. The minimum Gasteiger partial charge on any atom is -0.387 e. The van der Waals surface area contributed by atoms with Crippen LogP contribution in [-0.4, -0.2) is 22.7 Å². The number of hydrogen-bond donors (Lipinski definition) is 2. The number of aliphatic hydroxyl groups excluding tert-OH is 1. The number of aromatic nitrogens is 1. The van der Waals surface area contributed by atoms with Crippen molar-refractivity contribution in [3.63, 3.8) is 0 Å². The van der Waals surface area contributed by atoms with Crippen molar-refractivity contribution in [1.29, 1.82) is 0 Å². The van der Waals surface area contributed by atoms with Crippen LogP contribution < -0.4 is 5.32 Å². The van der Waals surface area contributed by atoms with Crippen molar-refractivity contribution in [3.05, 3.63) is 64.6 Å². The highest BCUT2D eigenvalue weighted by molar-refractivity contribution is 9.10. The number of halogens is 1. The number of rotatable bonds is 3. The second kappa shape index (κ2) is 7.24. The lowest BCUT2D eigenvalue weighted by Gasteiger charge is -2.29. The summed E-state index contributed by atoms with van der Waals surface area (Å²) in [6.45, 7) is 0.977. The van der Waals surface area contributed by atoms with Crippen LogP contribution in [0, 0.1) is 0 Å². The molecule has 4 heteroatoms. The van der Waals surface area contributed by atoms with Crippen molar-refractivity contribution >= 4 is 26.8 Å². The Morgan fingerprint density at radius 3 is 2.64 bits per heavy atom. The van der Waals surface area contributed by atoms with E-state index in [9.17, 15) is 5.11 Å². The molecular formula is C21H21BrN2O. The quantitative estimate of drug-likeness (QED) is 0.665. The molecule has 3 aromatic rings. The Bertz CT molecular complexity index is 873. The maximum atomic E-state index is 11.1. The fourth-order valence-electron chi connectivity index (χ4n) is 3.58. The highest BCUT2D eigenvalue weighted by Crippen LogP contribution is 2.32. The maximum absolute atomic E-state index is 11.1. The molecule has 3 nitrogen and oxygen atoms in total. The number of hydrogen-bond acceptors (Lipinski definition) is 3. The number of benzene rings is 2. The van der Waals surface area contributed by atoms with Crippen LogP contribution in [0.3, 0.4) is 0 Å². The molecule has 0 aliphatic carbocycles. The van der Waals surface area contributed by atoms with Crippen LogP contribution in [0.25, 0.3) is 22.2 Å². The monoisotopic (exact) mass is 396 g/mol. The molecule has 25 heavy (non-hydrogen) atoms. The van der Waals surface area contributed by atoms with Gasteiger partial charge in [-0.25, -0.2) is 4.98 Å². The molecule has 0 radical (unpaired) electrons. The third kappa shape index (κ3) is 3.47. The van der Waals surface area contributed by atoms with Gasteiger partial charge < -0.3 is 10.4 Å². The summed E-state index contributed by atoms with van der Waals surface area (Å²) in [5, 5.41) is 15.6. The van der Waals surface area contributed by atoms with Gasteiger partial charge in [-0.15, -0.1) is 0 Å². The van der Waals surface area contributed by atoms with Crippen LogP contribution in [0.1, 0.15) is 30.9 Å². The van der Waals surface area contributed by atoms with Crippen molar-refractivity contribution in [2.75, 3.05) is 6.54 Å². The van der Waals surface area contributed by atoms with E-state index in [1.165, 1.54) is 6.42 Å². The van der Waals surface area contributed by atoms with E-state index in [0.29, 0.717) is 0 Å². The van der Waals surface area contributed by atoms with E-state index < -0.39 is 6.10 Å². The lowest BCUT2D eigenvalue weighted by molar-refractivity contribution is 0.115. The van der Waals surface area contributed by atoms with Crippen LogP contribution in [0.15, 0.2) is 59.1 Å². The summed E-state index contributed by atoms with van der Waals surface area (Å²) < 4.78 is 1.05. The van der Waals surface area contributed by atoms with E-state index in [1.807, 2.05) is 36.4 Å². The summed E-state index contributed by atoms with van der Waals surface area (Å²) in [7, 11) is 0. The van der Waals surface area contributed by atoms with Crippen molar-refractivity contribution < 1.29 is 5.11 Å². The summed E-state index contributed by atoms with van der Waals surface area (Å²) in [4.78, 5) is 4.82. The second-order valence-corrected chi connectivity index (χ2v) is 7.54. The van der Waals surface area contributed by atoms with E-state index in [0.717, 1.165) is 51.6 Å². The molecule has 2 heterocycles. The van der Waals surface area contributed by atoms with Crippen LogP contribution in [0.4, 0.5) is 0 Å². The first-order valence-corrected chi connectivity index (χ1v) is 9.59. The fourth-order valence-corrected chi connectivity index (χ4v) is 3.84. The van der Waals surface area contributed by atoms with E-state index in [2.05, 4.69) is 39.4 Å². The first kappa shape index (κ1) is 16.7. The first-order valence-electron chi connectivity index (χ1n) is 8.79. The minimum absolute atomic E-state index is 0.109. The number of pyridine rings is 1. The van der Waals surface area contributed by atoms with Gasteiger partial charge in [-0.1, -0.05) is 52.7 Å². The summed E-state index contributed by atoms with van der Waals surface area (Å²) in [6, 6.07) is 18.4. The SMILES string of the molecule is O[C@@H](c1cc(-c2ccc(Br)cc2)nc2ccccc12)[C@@H]1CCCCN1. The molecule has 2 atom stereocenters. The number of aliphatic hydroxyl groups is 1. The zero-order valence-electron chi connectivity index (χ0n) is 14.0. The minimum atomic E-state index is -0.526. The van der Waals surface area contributed by atoms with Crippen LogP contribution in [-0.2, 0) is 0 Å². The van der Waals surface area contributed by atoms with Crippen LogP contribution >= 0.6 is 15.9 Å². The van der Waals surface area contributed by atoms with Gasteiger partial charge in [0.1, 0.15) is 0 Å². The van der Waals surface area contributed by atoms with Crippen molar-refractivity contribution in [2.45, 2.75) is 31.4 Å². The summed E-state index contributed by atoms with van der Waals surface area (Å²) in [5.41, 5.74) is 3.84. The Kier molecular flexibility index (Phi) is 4.84. The topological polar surface area (TPSA) is 45.2 Å². The molecule has 2 aromatic carbocycles. The number of piperidine rings is 1. The first-order chi connectivity index (χ1) is 12.2. The average Bonchev–Trinajstić information content (AvgIpc) is 2.68. The van der Waals surface area contributed by atoms with Crippen molar-refractivity contribution in [1.82, 2.24) is 10.3 Å². The molecule has 2 N–H and O–H groups in total. The third-order valence-corrected chi connectivity index (χ3v) is 5.47. The standard InChI is InChI=1S/C21H21BrN2O/c22-15-10-8-14(9-11-15)20-13-17(16-5-1-2-6-18(16)24-20)21(25)19-7-3-4-12-23-19/h1-2,5-6,8-11,13,19,21,23,25H,3-4,7,12H2/t19-,21-/m0/s1. The Morgan fingerprint density at radius 1 is 1.08 bits per heavy atom.